The normalized spacial score (nSPS) is 10.6. The third kappa shape index (κ3) is 2.90. The molecule has 0 unspecified atom stereocenters. The number of methoxy groups -OCH3 is 2. The SMILES string of the molecule is CNc1ccc(Cc2n[nH]c(=O)c3cc(OC)c(OC)cc23)cc1. The first-order valence-electron chi connectivity index (χ1n) is 7.56. The molecule has 3 aromatic rings. The first-order valence-corrected chi connectivity index (χ1v) is 7.56. The third-order valence-corrected chi connectivity index (χ3v) is 3.99. The lowest BCUT2D eigenvalue weighted by Crippen LogP contribution is -2.12. The predicted octanol–water partition coefficient (Wildman–Crippen LogP) is 2.57. The fourth-order valence-corrected chi connectivity index (χ4v) is 2.66. The van der Waals surface area contributed by atoms with E-state index >= 15 is 0 Å². The highest BCUT2D eigenvalue weighted by molar-refractivity contribution is 5.87. The lowest BCUT2D eigenvalue weighted by atomic mass is 10.0. The fraction of sp³-hybridized carbons (Fsp3) is 0.222. The minimum absolute atomic E-state index is 0.250. The molecule has 0 fully saturated rings. The second-order valence-electron chi connectivity index (χ2n) is 5.38. The van der Waals surface area contributed by atoms with Crippen LogP contribution in [-0.4, -0.2) is 31.5 Å². The van der Waals surface area contributed by atoms with Crippen LogP contribution in [0.1, 0.15) is 11.3 Å². The summed E-state index contributed by atoms with van der Waals surface area (Å²) < 4.78 is 10.6. The summed E-state index contributed by atoms with van der Waals surface area (Å²) in [6, 6.07) is 11.6. The van der Waals surface area contributed by atoms with E-state index in [0.29, 0.717) is 23.3 Å². The average Bonchev–Trinajstić information content (AvgIpc) is 2.63. The van der Waals surface area contributed by atoms with Crippen molar-refractivity contribution in [2.24, 2.45) is 0 Å². The van der Waals surface area contributed by atoms with Gasteiger partial charge in [-0.1, -0.05) is 12.1 Å². The van der Waals surface area contributed by atoms with Gasteiger partial charge >= 0.3 is 0 Å². The van der Waals surface area contributed by atoms with Crippen molar-refractivity contribution in [1.82, 2.24) is 10.2 Å². The molecule has 3 rings (SSSR count). The second-order valence-corrected chi connectivity index (χ2v) is 5.38. The van der Waals surface area contributed by atoms with Crippen molar-refractivity contribution in [1.29, 1.82) is 0 Å². The molecule has 1 aromatic heterocycles. The first-order chi connectivity index (χ1) is 11.7. The second kappa shape index (κ2) is 6.62. The van der Waals surface area contributed by atoms with E-state index in [1.165, 1.54) is 0 Å². The Morgan fingerprint density at radius 2 is 1.67 bits per heavy atom. The Kier molecular flexibility index (Phi) is 4.37. The van der Waals surface area contributed by atoms with Crippen LogP contribution >= 0.6 is 0 Å². The average molecular weight is 325 g/mol. The number of anilines is 1. The summed E-state index contributed by atoms with van der Waals surface area (Å²) in [5.41, 5.74) is 2.68. The molecule has 124 valence electrons. The predicted molar refractivity (Wildman–Crippen MR) is 94.3 cm³/mol. The number of benzene rings is 2. The number of nitrogens with zero attached hydrogens (tertiary/aromatic N) is 1. The van der Waals surface area contributed by atoms with Gasteiger partial charge in [-0.2, -0.15) is 5.10 Å². The molecule has 2 N–H and O–H groups in total. The highest BCUT2D eigenvalue weighted by atomic mass is 16.5. The molecule has 0 atom stereocenters. The Labute approximate surface area is 139 Å². The quantitative estimate of drug-likeness (QED) is 0.754. The lowest BCUT2D eigenvalue weighted by molar-refractivity contribution is 0.356. The molecule has 0 radical (unpaired) electrons. The van der Waals surface area contributed by atoms with Crippen molar-refractivity contribution in [3.05, 3.63) is 58.0 Å². The van der Waals surface area contributed by atoms with Crippen LogP contribution in [0.25, 0.3) is 10.8 Å². The first kappa shape index (κ1) is 15.9. The molecule has 0 aliphatic rings. The van der Waals surface area contributed by atoms with Crippen LogP contribution in [0.15, 0.2) is 41.2 Å². The molecular formula is C18H19N3O3. The van der Waals surface area contributed by atoms with Crippen molar-refractivity contribution in [2.45, 2.75) is 6.42 Å². The van der Waals surface area contributed by atoms with Crippen LogP contribution in [0.5, 0.6) is 11.5 Å². The summed E-state index contributed by atoms with van der Waals surface area (Å²) in [5.74, 6) is 1.09. The standard InChI is InChI=1S/C18H19N3O3/c1-19-12-6-4-11(5-7-12)8-15-13-9-16(23-2)17(24-3)10-14(13)18(22)21-20-15/h4-7,9-10,19H,8H2,1-3H3,(H,21,22). The Bertz CT molecular complexity index is 917. The van der Waals surface area contributed by atoms with Crippen LogP contribution in [0, 0.1) is 0 Å². The van der Waals surface area contributed by atoms with Gasteiger partial charge in [0, 0.05) is 24.5 Å². The van der Waals surface area contributed by atoms with E-state index in [1.807, 2.05) is 31.3 Å². The van der Waals surface area contributed by atoms with E-state index in [1.54, 1.807) is 26.4 Å². The number of ether oxygens (including phenoxy) is 2. The molecular weight excluding hydrogens is 306 g/mol. The lowest BCUT2D eigenvalue weighted by Gasteiger charge is -2.11. The maximum absolute atomic E-state index is 12.1. The van der Waals surface area contributed by atoms with E-state index in [0.717, 1.165) is 22.3 Å². The number of H-pyrrole nitrogens is 1. The molecule has 0 spiro atoms. The van der Waals surface area contributed by atoms with Gasteiger partial charge in [0.05, 0.1) is 25.3 Å². The van der Waals surface area contributed by atoms with Crippen molar-refractivity contribution in [3.8, 4) is 11.5 Å². The Morgan fingerprint density at radius 1 is 1.04 bits per heavy atom. The zero-order valence-corrected chi connectivity index (χ0v) is 13.8. The van der Waals surface area contributed by atoms with Gasteiger partial charge in [-0.3, -0.25) is 4.79 Å². The number of aromatic amines is 1. The van der Waals surface area contributed by atoms with Crippen molar-refractivity contribution >= 4 is 16.5 Å². The monoisotopic (exact) mass is 325 g/mol. The summed E-state index contributed by atoms with van der Waals surface area (Å²) in [6.07, 6.45) is 0.604. The zero-order valence-electron chi connectivity index (χ0n) is 13.8. The number of aromatic nitrogens is 2. The Morgan fingerprint density at radius 3 is 2.25 bits per heavy atom. The summed E-state index contributed by atoms with van der Waals surface area (Å²) in [4.78, 5) is 12.1. The van der Waals surface area contributed by atoms with Gasteiger partial charge in [0.1, 0.15) is 0 Å². The largest absolute Gasteiger partial charge is 0.493 e. The number of hydrogen-bond donors (Lipinski definition) is 2. The van der Waals surface area contributed by atoms with E-state index < -0.39 is 0 Å². The Balaban J connectivity index is 2.10. The molecule has 0 saturated heterocycles. The van der Waals surface area contributed by atoms with Crippen molar-refractivity contribution in [3.63, 3.8) is 0 Å². The topological polar surface area (TPSA) is 76.2 Å². The fourth-order valence-electron chi connectivity index (χ4n) is 2.66. The van der Waals surface area contributed by atoms with Gasteiger partial charge in [0.15, 0.2) is 11.5 Å². The minimum atomic E-state index is -0.250. The van der Waals surface area contributed by atoms with Gasteiger partial charge in [-0.05, 0) is 29.8 Å². The van der Waals surface area contributed by atoms with Crippen molar-refractivity contribution < 1.29 is 9.47 Å². The van der Waals surface area contributed by atoms with Crippen LogP contribution in [-0.2, 0) is 6.42 Å². The molecule has 0 aliphatic heterocycles. The number of hydrogen-bond acceptors (Lipinski definition) is 5. The number of rotatable bonds is 5. The van der Waals surface area contributed by atoms with Gasteiger partial charge < -0.3 is 14.8 Å². The van der Waals surface area contributed by atoms with E-state index in [4.69, 9.17) is 9.47 Å². The van der Waals surface area contributed by atoms with E-state index in [-0.39, 0.29) is 5.56 Å². The molecule has 0 amide bonds. The van der Waals surface area contributed by atoms with Gasteiger partial charge in [-0.15, -0.1) is 0 Å². The van der Waals surface area contributed by atoms with Crippen LogP contribution < -0.4 is 20.3 Å². The molecule has 6 heteroatoms. The third-order valence-electron chi connectivity index (χ3n) is 3.99. The summed E-state index contributed by atoms with van der Waals surface area (Å²) in [5, 5.41) is 11.2. The van der Waals surface area contributed by atoms with Crippen molar-refractivity contribution in [2.75, 3.05) is 26.6 Å². The highest BCUT2D eigenvalue weighted by Crippen LogP contribution is 2.32. The summed E-state index contributed by atoms with van der Waals surface area (Å²) in [6.45, 7) is 0. The molecule has 6 nitrogen and oxygen atoms in total. The maximum Gasteiger partial charge on any atom is 0.272 e. The molecule has 0 bridgehead atoms. The van der Waals surface area contributed by atoms with Crippen LogP contribution in [0.4, 0.5) is 5.69 Å². The molecule has 0 saturated carbocycles. The number of fused-ring (bicyclic) bond motifs is 1. The van der Waals surface area contributed by atoms with E-state index in [2.05, 4.69) is 15.5 Å². The number of nitrogens with one attached hydrogen (secondary N) is 2. The van der Waals surface area contributed by atoms with Crippen LogP contribution in [0.3, 0.4) is 0 Å². The zero-order chi connectivity index (χ0) is 17.1. The smallest absolute Gasteiger partial charge is 0.272 e. The van der Waals surface area contributed by atoms with Crippen LogP contribution in [0.2, 0.25) is 0 Å². The van der Waals surface area contributed by atoms with Gasteiger partial charge in [0.25, 0.3) is 5.56 Å². The molecule has 1 heterocycles. The molecule has 24 heavy (non-hydrogen) atoms. The summed E-state index contributed by atoms with van der Waals surface area (Å²) >= 11 is 0. The summed E-state index contributed by atoms with van der Waals surface area (Å²) in [7, 11) is 5.00. The Hall–Kier alpha value is -3.02. The van der Waals surface area contributed by atoms with Gasteiger partial charge in [0.2, 0.25) is 0 Å². The highest BCUT2D eigenvalue weighted by Gasteiger charge is 2.13. The molecule has 0 aliphatic carbocycles. The van der Waals surface area contributed by atoms with E-state index in [9.17, 15) is 4.79 Å². The minimum Gasteiger partial charge on any atom is -0.493 e. The molecule has 2 aromatic carbocycles. The maximum atomic E-state index is 12.1. The van der Waals surface area contributed by atoms with Gasteiger partial charge in [-0.25, -0.2) is 5.10 Å².